The number of pyridine rings is 1. The first-order valence-corrected chi connectivity index (χ1v) is 9.08. The minimum atomic E-state index is -0.176. The number of rotatable bonds is 6. The normalized spacial score (nSPS) is 13.9. The lowest BCUT2D eigenvalue weighted by atomic mass is 10.2. The Kier molecular flexibility index (Phi) is 6.62. The predicted molar refractivity (Wildman–Crippen MR) is 103 cm³/mol. The first kappa shape index (κ1) is 19.1. The van der Waals surface area contributed by atoms with Crippen molar-refractivity contribution in [3.8, 4) is 0 Å². The summed E-state index contributed by atoms with van der Waals surface area (Å²) in [6, 6.07) is 11.2. The molecule has 0 aliphatic carbocycles. The molecule has 1 fully saturated rings. The van der Waals surface area contributed by atoms with Crippen molar-refractivity contribution in [1.29, 1.82) is 0 Å². The largest absolute Gasteiger partial charge is 0.378 e. The molecule has 1 aliphatic rings. The van der Waals surface area contributed by atoms with Crippen molar-refractivity contribution in [2.24, 2.45) is 0 Å². The summed E-state index contributed by atoms with van der Waals surface area (Å²) in [7, 11) is 0. The molecule has 27 heavy (non-hydrogen) atoms. The molecule has 0 atom stereocenters. The van der Waals surface area contributed by atoms with Crippen LogP contribution in [0.15, 0.2) is 42.6 Å². The quantitative estimate of drug-likeness (QED) is 0.790. The van der Waals surface area contributed by atoms with E-state index < -0.39 is 0 Å². The van der Waals surface area contributed by atoms with Crippen LogP contribution in [0.5, 0.6) is 0 Å². The number of benzene rings is 1. The van der Waals surface area contributed by atoms with Gasteiger partial charge in [0.1, 0.15) is 5.82 Å². The van der Waals surface area contributed by atoms with Crippen molar-refractivity contribution in [1.82, 2.24) is 15.2 Å². The molecule has 1 saturated heterocycles. The standard InChI is InChI=1S/C19H21ClN4O3/c20-16-10-15(19(26)24-6-8-27-9-7-24)12-22-18(16)23-13-17(25)21-11-14-4-2-1-3-5-14/h1-5,10,12H,6-9,11,13H2,(H,21,25)(H,22,23). The van der Waals surface area contributed by atoms with Gasteiger partial charge in [0, 0.05) is 25.8 Å². The van der Waals surface area contributed by atoms with Crippen molar-refractivity contribution in [3.63, 3.8) is 0 Å². The highest BCUT2D eigenvalue weighted by molar-refractivity contribution is 6.33. The lowest BCUT2D eigenvalue weighted by Crippen LogP contribution is -2.40. The maximum Gasteiger partial charge on any atom is 0.255 e. The summed E-state index contributed by atoms with van der Waals surface area (Å²) in [5, 5.41) is 6.01. The van der Waals surface area contributed by atoms with E-state index in [-0.39, 0.29) is 18.4 Å². The lowest BCUT2D eigenvalue weighted by Gasteiger charge is -2.26. The number of aromatic nitrogens is 1. The highest BCUT2D eigenvalue weighted by atomic mass is 35.5. The molecule has 8 heteroatoms. The molecule has 2 aromatic rings. The fourth-order valence-electron chi connectivity index (χ4n) is 2.66. The van der Waals surface area contributed by atoms with Gasteiger partial charge in [0.2, 0.25) is 5.91 Å². The van der Waals surface area contributed by atoms with Crippen LogP contribution in [0.3, 0.4) is 0 Å². The molecule has 7 nitrogen and oxygen atoms in total. The number of hydrogen-bond donors (Lipinski definition) is 2. The van der Waals surface area contributed by atoms with Gasteiger partial charge in [0.25, 0.3) is 5.91 Å². The molecule has 0 saturated carbocycles. The van der Waals surface area contributed by atoms with E-state index in [4.69, 9.17) is 16.3 Å². The van der Waals surface area contributed by atoms with Gasteiger partial charge in [0.15, 0.2) is 0 Å². The minimum Gasteiger partial charge on any atom is -0.378 e. The van der Waals surface area contributed by atoms with Crippen molar-refractivity contribution < 1.29 is 14.3 Å². The maximum atomic E-state index is 12.4. The zero-order valence-electron chi connectivity index (χ0n) is 14.8. The van der Waals surface area contributed by atoms with Crippen LogP contribution in [0, 0.1) is 0 Å². The Labute approximate surface area is 162 Å². The Balaban J connectivity index is 1.51. The van der Waals surface area contributed by atoms with Gasteiger partial charge in [-0.1, -0.05) is 41.9 Å². The van der Waals surface area contributed by atoms with Gasteiger partial charge in [-0.15, -0.1) is 0 Å². The van der Waals surface area contributed by atoms with E-state index in [2.05, 4.69) is 15.6 Å². The van der Waals surface area contributed by atoms with Gasteiger partial charge in [-0.3, -0.25) is 9.59 Å². The SMILES string of the molecule is O=C(CNc1ncc(C(=O)N2CCOCC2)cc1Cl)NCc1ccccc1. The predicted octanol–water partition coefficient (Wildman–Crippen LogP) is 1.94. The molecule has 0 radical (unpaired) electrons. The third-order valence-electron chi connectivity index (χ3n) is 4.14. The van der Waals surface area contributed by atoms with E-state index in [0.717, 1.165) is 5.56 Å². The summed E-state index contributed by atoms with van der Waals surface area (Å²) in [6.07, 6.45) is 1.47. The van der Waals surface area contributed by atoms with E-state index in [1.54, 1.807) is 11.0 Å². The van der Waals surface area contributed by atoms with Crippen LogP contribution in [0.4, 0.5) is 5.82 Å². The van der Waals surface area contributed by atoms with Crippen LogP contribution in [0.25, 0.3) is 0 Å². The molecule has 1 aliphatic heterocycles. The maximum absolute atomic E-state index is 12.4. The topological polar surface area (TPSA) is 83.6 Å². The Hall–Kier alpha value is -2.64. The smallest absolute Gasteiger partial charge is 0.255 e. The fourth-order valence-corrected chi connectivity index (χ4v) is 2.89. The van der Waals surface area contributed by atoms with Crippen LogP contribution in [0.2, 0.25) is 5.02 Å². The lowest BCUT2D eigenvalue weighted by molar-refractivity contribution is -0.119. The van der Waals surface area contributed by atoms with Crippen LogP contribution in [0.1, 0.15) is 15.9 Å². The van der Waals surface area contributed by atoms with Crippen LogP contribution in [-0.2, 0) is 16.1 Å². The number of nitrogens with one attached hydrogen (secondary N) is 2. The Morgan fingerprint density at radius 2 is 1.93 bits per heavy atom. The highest BCUT2D eigenvalue weighted by Gasteiger charge is 2.19. The molecule has 2 N–H and O–H groups in total. The fraction of sp³-hybridized carbons (Fsp3) is 0.316. The van der Waals surface area contributed by atoms with Gasteiger partial charge in [0.05, 0.1) is 30.3 Å². The first-order chi connectivity index (χ1) is 13.1. The number of carbonyl (C=O) groups excluding carboxylic acids is 2. The summed E-state index contributed by atoms with van der Waals surface area (Å²) < 4.78 is 5.25. The number of anilines is 1. The Morgan fingerprint density at radius 1 is 1.19 bits per heavy atom. The van der Waals surface area contributed by atoms with Crippen LogP contribution < -0.4 is 10.6 Å². The molecule has 0 spiro atoms. The minimum absolute atomic E-state index is 0.0380. The summed E-state index contributed by atoms with van der Waals surface area (Å²) >= 11 is 6.22. The highest BCUT2D eigenvalue weighted by Crippen LogP contribution is 2.21. The van der Waals surface area contributed by atoms with Gasteiger partial charge in [-0.2, -0.15) is 0 Å². The summed E-state index contributed by atoms with van der Waals surface area (Å²) in [5.41, 5.74) is 1.44. The second-order valence-electron chi connectivity index (χ2n) is 6.07. The number of ether oxygens (including phenoxy) is 1. The number of hydrogen-bond acceptors (Lipinski definition) is 5. The van der Waals surface area contributed by atoms with Gasteiger partial charge in [-0.25, -0.2) is 4.98 Å². The summed E-state index contributed by atoms with van der Waals surface area (Å²) in [4.78, 5) is 30.3. The second kappa shape index (κ2) is 9.34. The van der Waals surface area contributed by atoms with E-state index in [1.165, 1.54) is 6.20 Å². The molecule has 0 bridgehead atoms. The number of nitrogens with zero attached hydrogens (tertiary/aromatic N) is 2. The van der Waals surface area contributed by atoms with E-state index >= 15 is 0 Å². The molecule has 2 heterocycles. The van der Waals surface area contributed by atoms with Crippen molar-refractivity contribution in [2.75, 3.05) is 38.2 Å². The number of halogens is 1. The molecule has 1 aromatic heterocycles. The van der Waals surface area contributed by atoms with E-state index in [0.29, 0.717) is 49.3 Å². The van der Waals surface area contributed by atoms with Crippen molar-refractivity contribution in [3.05, 3.63) is 58.7 Å². The zero-order valence-corrected chi connectivity index (χ0v) is 15.5. The molecule has 1 aromatic carbocycles. The first-order valence-electron chi connectivity index (χ1n) is 8.70. The average Bonchev–Trinajstić information content (AvgIpc) is 2.72. The van der Waals surface area contributed by atoms with Gasteiger partial charge in [-0.05, 0) is 11.6 Å². The molecule has 142 valence electrons. The van der Waals surface area contributed by atoms with Crippen molar-refractivity contribution in [2.45, 2.75) is 6.54 Å². The molecular formula is C19H21ClN4O3. The third-order valence-corrected chi connectivity index (χ3v) is 4.42. The zero-order chi connectivity index (χ0) is 19.1. The van der Waals surface area contributed by atoms with Crippen molar-refractivity contribution >= 4 is 29.2 Å². The van der Waals surface area contributed by atoms with Gasteiger partial charge >= 0.3 is 0 Å². The Bertz CT molecular complexity index is 795. The molecular weight excluding hydrogens is 368 g/mol. The van der Waals surface area contributed by atoms with Crippen LogP contribution >= 0.6 is 11.6 Å². The second-order valence-corrected chi connectivity index (χ2v) is 6.48. The number of amides is 2. The average molecular weight is 389 g/mol. The Morgan fingerprint density at radius 3 is 2.63 bits per heavy atom. The number of carbonyl (C=O) groups is 2. The molecule has 2 amide bonds. The monoisotopic (exact) mass is 388 g/mol. The van der Waals surface area contributed by atoms with Crippen LogP contribution in [-0.4, -0.2) is 54.5 Å². The summed E-state index contributed by atoms with van der Waals surface area (Å²) in [6.45, 7) is 2.66. The molecule has 3 rings (SSSR count). The van der Waals surface area contributed by atoms with E-state index in [9.17, 15) is 9.59 Å². The third kappa shape index (κ3) is 5.42. The summed E-state index contributed by atoms with van der Waals surface area (Å²) in [5.74, 6) is 0.0649. The molecule has 0 unspecified atom stereocenters. The van der Waals surface area contributed by atoms with Gasteiger partial charge < -0.3 is 20.3 Å². The van der Waals surface area contributed by atoms with E-state index in [1.807, 2.05) is 30.3 Å². The number of morpholine rings is 1.